The van der Waals surface area contributed by atoms with Crippen LogP contribution in [0.5, 0.6) is 11.6 Å². The molecule has 8 heteroatoms. The summed E-state index contributed by atoms with van der Waals surface area (Å²) in [5, 5.41) is 12.0. The number of hydrogen-bond donors (Lipinski definition) is 2. The van der Waals surface area contributed by atoms with Gasteiger partial charge in [0.25, 0.3) is 5.91 Å². The van der Waals surface area contributed by atoms with Gasteiger partial charge < -0.3 is 20.5 Å². The molecule has 0 saturated carbocycles. The number of nitrogens with two attached hydrogens (primary N) is 1. The average Bonchev–Trinajstić information content (AvgIpc) is 2.72. The summed E-state index contributed by atoms with van der Waals surface area (Å²) in [6.07, 6.45) is 0.687. The van der Waals surface area contributed by atoms with Gasteiger partial charge in [0.05, 0.1) is 23.5 Å². The minimum atomic E-state index is -1.44. The van der Waals surface area contributed by atoms with Gasteiger partial charge in [-0.25, -0.2) is 9.78 Å². The molecule has 1 aromatic heterocycles. The van der Waals surface area contributed by atoms with Crippen LogP contribution in [0, 0.1) is 16.7 Å². The monoisotopic (exact) mass is 438 g/mol. The number of ether oxygens (including phenoxy) is 2. The number of aromatic nitrogens is 1. The number of rotatable bonds is 7. The quantitative estimate of drug-likeness (QED) is 0.619. The molecule has 2 amide bonds. The van der Waals surface area contributed by atoms with Crippen molar-refractivity contribution in [1.29, 1.82) is 5.26 Å². The molecule has 170 valence electrons. The molecule has 2 aromatic rings. The molecular weight excluding hydrogens is 408 g/mol. The summed E-state index contributed by atoms with van der Waals surface area (Å²) >= 11 is 0. The minimum Gasteiger partial charge on any atom is -0.439 e. The van der Waals surface area contributed by atoms with E-state index in [0.29, 0.717) is 22.9 Å². The molecule has 0 aliphatic carbocycles. The number of primary amides is 1. The molecule has 1 aromatic carbocycles. The lowest BCUT2D eigenvalue weighted by Gasteiger charge is -2.41. The van der Waals surface area contributed by atoms with E-state index in [2.05, 4.69) is 16.4 Å². The van der Waals surface area contributed by atoms with Crippen LogP contribution in [-0.4, -0.2) is 22.6 Å². The topological polar surface area (TPSA) is 127 Å². The second-order valence-corrected chi connectivity index (χ2v) is 8.81. The van der Waals surface area contributed by atoms with Crippen LogP contribution in [0.1, 0.15) is 65.0 Å². The Bertz CT molecular complexity index is 1020. The Morgan fingerprint density at radius 1 is 1.22 bits per heavy atom. The van der Waals surface area contributed by atoms with Gasteiger partial charge in [-0.15, -0.1) is 0 Å². The maximum absolute atomic E-state index is 13.1. The van der Waals surface area contributed by atoms with Crippen LogP contribution in [0.15, 0.2) is 36.5 Å². The van der Waals surface area contributed by atoms with Crippen molar-refractivity contribution in [1.82, 2.24) is 4.98 Å². The Morgan fingerprint density at radius 2 is 1.91 bits per heavy atom. The number of benzene rings is 1. The number of nitrogens with one attached hydrogen (secondary N) is 1. The van der Waals surface area contributed by atoms with E-state index in [-0.39, 0.29) is 12.3 Å². The Morgan fingerprint density at radius 3 is 2.38 bits per heavy atom. The number of nitriles is 1. The van der Waals surface area contributed by atoms with Crippen molar-refractivity contribution in [2.75, 3.05) is 5.32 Å². The van der Waals surface area contributed by atoms with Crippen molar-refractivity contribution in [3.63, 3.8) is 0 Å². The van der Waals surface area contributed by atoms with Gasteiger partial charge in [-0.05, 0) is 42.2 Å². The summed E-state index contributed by atoms with van der Waals surface area (Å²) in [4.78, 5) is 28.8. The van der Waals surface area contributed by atoms with Crippen molar-refractivity contribution in [3.05, 3.63) is 47.7 Å². The number of carbonyl (C=O) groups excluding carboxylic acids is 2. The summed E-state index contributed by atoms with van der Waals surface area (Å²) in [5.41, 5.74) is 5.01. The summed E-state index contributed by atoms with van der Waals surface area (Å²) < 4.78 is 11.1. The van der Waals surface area contributed by atoms with Gasteiger partial charge in [-0.1, -0.05) is 41.5 Å². The van der Waals surface area contributed by atoms with Crippen molar-refractivity contribution < 1.29 is 19.1 Å². The molecule has 32 heavy (non-hydrogen) atoms. The van der Waals surface area contributed by atoms with Crippen LogP contribution in [0.3, 0.4) is 0 Å². The predicted molar refractivity (Wildman–Crippen MR) is 121 cm³/mol. The second-order valence-electron chi connectivity index (χ2n) is 8.81. The van der Waals surface area contributed by atoms with Crippen molar-refractivity contribution in [3.8, 4) is 17.7 Å². The van der Waals surface area contributed by atoms with Crippen molar-refractivity contribution in [2.45, 2.75) is 59.5 Å². The molecule has 0 radical (unpaired) electrons. The number of amides is 2. The van der Waals surface area contributed by atoms with Gasteiger partial charge in [0.1, 0.15) is 5.75 Å². The zero-order valence-electron chi connectivity index (χ0n) is 19.4. The van der Waals surface area contributed by atoms with Crippen molar-refractivity contribution in [2.24, 2.45) is 11.1 Å². The van der Waals surface area contributed by atoms with Crippen LogP contribution < -0.4 is 15.8 Å². The molecule has 0 bridgehead atoms. The average molecular weight is 439 g/mol. The van der Waals surface area contributed by atoms with E-state index in [4.69, 9.17) is 15.2 Å². The van der Waals surface area contributed by atoms with E-state index in [0.717, 1.165) is 5.56 Å². The molecule has 1 heterocycles. The third kappa shape index (κ3) is 5.35. The SMILES string of the molecule is CC[C@](OC(N)=O)(C(=O)Nc1ccc(Oc2ccc(C#N)c(C(C)C)c2)nc1)C(C)(C)C. The lowest BCUT2D eigenvalue weighted by Crippen LogP contribution is -2.56. The lowest BCUT2D eigenvalue weighted by atomic mass is 9.73. The number of hydrogen-bond acceptors (Lipinski definition) is 6. The number of nitrogens with zero attached hydrogens (tertiary/aromatic N) is 2. The normalized spacial score (nSPS) is 13.1. The standard InChI is InChI=1S/C24H30N4O4/c1-7-24(23(4,5)6,32-22(26)30)21(29)28-17-9-11-20(27-14-17)31-18-10-8-16(13-25)19(12-18)15(2)3/h8-12,14-15H,7H2,1-6H3,(H2,26,30)(H,28,29)/t24-/m0/s1. The molecule has 3 N–H and O–H groups in total. The first-order chi connectivity index (χ1) is 14.9. The third-order valence-corrected chi connectivity index (χ3v) is 5.33. The predicted octanol–water partition coefficient (Wildman–Crippen LogP) is 5.10. The number of pyridine rings is 1. The zero-order chi connectivity index (χ0) is 24.1. The summed E-state index contributed by atoms with van der Waals surface area (Å²) in [5.74, 6) is 0.566. The highest BCUT2D eigenvalue weighted by molar-refractivity contribution is 5.99. The van der Waals surface area contributed by atoms with Gasteiger partial charge in [-0.2, -0.15) is 5.26 Å². The zero-order valence-corrected chi connectivity index (χ0v) is 19.4. The van der Waals surface area contributed by atoms with Crippen LogP contribution >= 0.6 is 0 Å². The largest absolute Gasteiger partial charge is 0.439 e. The first-order valence-corrected chi connectivity index (χ1v) is 10.4. The molecule has 0 aliphatic heterocycles. The van der Waals surface area contributed by atoms with Crippen LogP contribution in [0.2, 0.25) is 0 Å². The maximum atomic E-state index is 13.1. The first kappa shape index (κ1) is 24.7. The van der Waals surface area contributed by atoms with E-state index in [1.807, 2.05) is 19.9 Å². The van der Waals surface area contributed by atoms with Crippen LogP contribution in [-0.2, 0) is 9.53 Å². The van der Waals surface area contributed by atoms with E-state index >= 15 is 0 Å². The Kier molecular flexibility index (Phi) is 7.47. The smallest absolute Gasteiger partial charge is 0.405 e. The summed E-state index contributed by atoms with van der Waals surface area (Å²) in [6, 6.07) is 10.7. The summed E-state index contributed by atoms with van der Waals surface area (Å²) in [6.45, 7) is 11.2. The molecule has 2 rings (SSSR count). The molecule has 0 saturated heterocycles. The Balaban J connectivity index is 2.21. The molecular formula is C24H30N4O4. The van der Waals surface area contributed by atoms with E-state index in [1.165, 1.54) is 6.20 Å². The number of carbonyl (C=O) groups is 2. The van der Waals surface area contributed by atoms with E-state index in [9.17, 15) is 14.9 Å². The number of anilines is 1. The van der Waals surface area contributed by atoms with Gasteiger partial charge in [0.15, 0.2) is 5.60 Å². The first-order valence-electron chi connectivity index (χ1n) is 10.4. The van der Waals surface area contributed by atoms with E-state index in [1.54, 1.807) is 52.0 Å². The highest BCUT2D eigenvalue weighted by Gasteiger charge is 2.50. The molecule has 8 nitrogen and oxygen atoms in total. The van der Waals surface area contributed by atoms with Crippen molar-refractivity contribution >= 4 is 17.7 Å². The molecule has 1 atom stereocenters. The van der Waals surface area contributed by atoms with Gasteiger partial charge in [0, 0.05) is 11.5 Å². The maximum Gasteiger partial charge on any atom is 0.405 e. The van der Waals surface area contributed by atoms with Crippen LogP contribution in [0.25, 0.3) is 0 Å². The Hall–Kier alpha value is -3.60. The highest BCUT2D eigenvalue weighted by atomic mass is 16.6. The molecule has 0 unspecified atom stereocenters. The third-order valence-electron chi connectivity index (χ3n) is 5.33. The fraction of sp³-hybridized carbons (Fsp3) is 0.417. The van der Waals surface area contributed by atoms with Crippen LogP contribution in [0.4, 0.5) is 10.5 Å². The fourth-order valence-corrected chi connectivity index (χ4v) is 3.53. The minimum absolute atomic E-state index is 0.169. The van der Waals surface area contributed by atoms with Gasteiger partial charge in [0.2, 0.25) is 5.88 Å². The summed E-state index contributed by atoms with van der Waals surface area (Å²) in [7, 11) is 0. The van der Waals surface area contributed by atoms with Gasteiger partial charge in [-0.3, -0.25) is 4.79 Å². The van der Waals surface area contributed by atoms with Gasteiger partial charge >= 0.3 is 6.09 Å². The fourth-order valence-electron chi connectivity index (χ4n) is 3.53. The van der Waals surface area contributed by atoms with E-state index < -0.39 is 23.0 Å². The molecule has 0 fully saturated rings. The second kappa shape index (κ2) is 9.69. The highest BCUT2D eigenvalue weighted by Crippen LogP contribution is 2.38. The lowest BCUT2D eigenvalue weighted by molar-refractivity contribution is -0.146. The molecule has 0 aliphatic rings. The molecule has 0 spiro atoms. The Labute approximate surface area is 188 Å².